The van der Waals surface area contributed by atoms with Gasteiger partial charge in [0.1, 0.15) is 5.75 Å². The lowest BCUT2D eigenvalue weighted by Gasteiger charge is -2.13. The van der Waals surface area contributed by atoms with Gasteiger partial charge in [-0.25, -0.2) is 0 Å². The highest BCUT2D eigenvalue weighted by Crippen LogP contribution is 2.24. The number of nitrogens with two attached hydrogens (primary N) is 1. The quantitative estimate of drug-likeness (QED) is 0.849. The van der Waals surface area contributed by atoms with Crippen LogP contribution in [0.2, 0.25) is 0 Å². The Labute approximate surface area is 124 Å². The van der Waals surface area contributed by atoms with Crippen LogP contribution in [0.5, 0.6) is 5.75 Å². The molecule has 0 aromatic heterocycles. The highest BCUT2D eigenvalue weighted by atomic mass is 79.9. The molecule has 0 fully saturated rings. The Balaban J connectivity index is 0.00000324. The van der Waals surface area contributed by atoms with Crippen molar-refractivity contribution in [3.8, 4) is 5.75 Å². The smallest absolute Gasteiger partial charge is 0.387 e. The molecule has 0 saturated carbocycles. The summed E-state index contributed by atoms with van der Waals surface area (Å²) in [5.41, 5.74) is 5.82. The summed E-state index contributed by atoms with van der Waals surface area (Å²) in [5.74, 6) is -0.337. The summed E-state index contributed by atoms with van der Waals surface area (Å²) >= 11 is 3.22. The zero-order chi connectivity index (χ0) is 13.7. The van der Waals surface area contributed by atoms with Crippen LogP contribution in [0.25, 0.3) is 0 Å². The third-order valence-corrected chi connectivity index (χ3v) is 2.60. The maximum Gasteiger partial charge on any atom is 0.387 e. The second kappa shape index (κ2) is 8.29. The summed E-state index contributed by atoms with van der Waals surface area (Å²) in [6, 6.07) is 3.92. The Bertz CT molecular complexity index is 433. The molecular formula is C11H14BrClF2N2O2. The largest absolute Gasteiger partial charge is 0.434 e. The van der Waals surface area contributed by atoms with E-state index in [2.05, 4.69) is 26.0 Å². The molecule has 0 spiro atoms. The highest BCUT2D eigenvalue weighted by Gasteiger charge is 2.12. The normalized spacial score (nSPS) is 11.7. The number of hydrogen-bond donors (Lipinski definition) is 2. The molecule has 8 heteroatoms. The van der Waals surface area contributed by atoms with Crippen LogP contribution in [0.3, 0.4) is 0 Å². The molecule has 4 nitrogen and oxygen atoms in total. The Morgan fingerprint density at radius 3 is 2.68 bits per heavy atom. The van der Waals surface area contributed by atoms with Gasteiger partial charge in [0.2, 0.25) is 5.91 Å². The molecule has 0 radical (unpaired) electrons. The van der Waals surface area contributed by atoms with Gasteiger partial charge in [-0.1, -0.05) is 15.9 Å². The molecule has 1 aromatic rings. The van der Waals surface area contributed by atoms with Crippen LogP contribution in [-0.2, 0) is 11.3 Å². The van der Waals surface area contributed by atoms with Crippen molar-refractivity contribution in [2.24, 2.45) is 5.73 Å². The average Bonchev–Trinajstić information content (AvgIpc) is 2.28. The minimum absolute atomic E-state index is 0. The molecule has 0 aliphatic carbocycles. The first-order valence-electron chi connectivity index (χ1n) is 5.16. The van der Waals surface area contributed by atoms with Crippen LogP contribution in [0.4, 0.5) is 8.78 Å². The van der Waals surface area contributed by atoms with E-state index in [1.807, 2.05) is 0 Å². The van der Waals surface area contributed by atoms with Gasteiger partial charge in [0, 0.05) is 16.6 Å². The number of amides is 1. The average molecular weight is 360 g/mol. The molecule has 0 heterocycles. The molecule has 3 N–H and O–H groups in total. The monoisotopic (exact) mass is 358 g/mol. The summed E-state index contributed by atoms with van der Waals surface area (Å²) in [7, 11) is 0. The number of ether oxygens (including phenoxy) is 1. The molecular weight excluding hydrogens is 345 g/mol. The van der Waals surface area contributed by atoms with Crippen LogP contribution < -0.4 is 15.8 Å². The van der Waals surface area contributed by atoms with Gasteiger partial charge < -0.3 is 15.8 Å². The molecule has 1 rings (SSSR count). The van der Waals surface area contributed by atoms with E-state index in [1.165, 1.54) is 13.0 Å². The lowest BCUT2D eigenvalue weighted by atomic mass is 10.2. The van der Waals surface area contributed by atoms with Crippen molar-refractivity contribution in [3.05, 3.63) is 28.2 Å². The first-order chi connectivity index (χ1) is 8.40. The Hall–Kier alpha value is -0.920. The minimum Gasteiger partial charge on any atom is -0.434 e. The number of hydrogen-bond acceptors (Lipinski definition) is 3. The molecule has 0 aliphatic rings. The summed E-state index contributed by atoms with van der Waals surface area (Å²) in [4.78, 5) is 11.3. The maximum atomic E-state index is 12.2. The van der Waals surface area contributed by atoms with Gasteiger partial charge in [-0.2, -0.15) is 8.78 Å². The third kappa shape index (κ3) is 6.17. The van der Waals surface area contributed by atoms with Gasteiger partial charge >= 0.3 is 6.61 Å². The Kier molecular flexibility index (Phi) is 7.89. The summed E-state index contributed by atoms with van der Waals surface area (Å²) in [6.45, 7) is -1.30. The second-order valence-corrected chi connectivity index (χ2v) is 4.55. The van der Waals surface area contributed by atoms with Crippen LogP contribution in [-0.4, -0.2) is 18.6 Å². The molecule has 0 aliphatic heterocycles. The van der Waals surface area contributed by atoms with Crippen molar-refractivity contribution in [2.45, 2.75) is 26.1 Å². The zero-order valence-electron chi connectivity index (χ0n) is 10.0. The van der Waals surface area contributed by atoms with E-state index in [0.29, 0.717) is 10.0 Å². The van der Waals surface area contributed by atoms with Crippen LogP contribution in [0.1, 0.15) is 12.5 Å². The molecule has 108 valence electrons. The first-order valence-corrected chi connectivity index (χ1v) is 5.96. The van der Waals surface area contributed by atoms with Crippen molar-refractivity contribution in [3.63, 3.8) is 0 Å². The van der Waals surface area contributed by atoms with Gasteiger partial charge in [-0.15, -0.1) is 12.4 Å². The van der Waals surface area contributed by atoms with E-state index >= 15 is 0 Å². The van der Waals surface area contributed by atoms with Gasteiger partial charge in [-0.05, 0) is 25.1 Å². The lowest BCUT2D eigenvalue weighted by molar-refractivity contribution is -0.122. The number of benzene rings is 1. The summed E-state index contributed by atoms with van der Waals surface area (Å²) in [5, 5.41) is 2.53. The fourth-order valence-corrected chi connectivity index (χ4v) is 1.65. The Morgan fingerprint density at radius 2 is 2.16 bits per heavy atom. The Morgan fingerprint density at radius 1 is 1.53 bits per heavy atom. The molecule has 1 amide bonds. The predicted molar refractivity (Wildman–Crippen MR) is 73.5 cm³/mol. The van der Waals surface area contributed by atoms with Gasteiger partial charge in [0.15, 0.2) is 0 Å². The molecule has 0 unspecified atom stereocenters. The van der Waals surface area contributed by atoms with E-state index in [0.717, 1.165) is 0 Å². The predicted octanol–water partition coefficient (Wildman–Crippen LogP) is 2.44. The number of alkyl halides is 2. The molecule has 1 atom stereocenters. The summed E-state index contributed by atoms with van der Waals surface area (Å²) in [6.07, 6.45) is 0. The van der Waals surface area contributed by atoms with Gasteiger partial charge in [0.25, 0.3) is 0 Å². The maximum absolute atomic E-state index is 12.2. The van der Waals surface area contributed by atoms with Crippen molar-refractivity contribution in [2.75, 3.05) is 0 Å². The zero-order valence-corrected chi connectivity index (χ0v) is 12.4. The van der Waals surface area contributed by atoms with Crippen LogP contribution in [0, 0.1) is 0 Å². The standard InChI is InChI=1S/C11H13BrF2N2O2.ClH/c1-6(15)10(17)16-5-7-4-8(12)2-3-9(7)18-11(13)14;/h2-4,6,11H,5,15H2,1H3,(H,16,17);1H/t6-;/m1./s1. The number of nitrogens with one attached hydrogen (secondary N) is 1. The van der Waals surface area contributed by atoms with Crippen LogP contribution in [0.15, 0.2) is 22.7 Å². The van der Waals surface area contributed by atoms with E-state index in [4.69, 9.17) is 5.73 Å². The number of halogens is 4. The van der Waals surface area contributed by atoms with E-state index in [1.54, 1.807) is 12.1 Å². The van der Waals surface area contributed by atoms with Crippen molar-refractivity contribution in [1.29, 1.82) is 0 Å². The molecule has 19 heavy (non-hydrogen) atoms. The number of rotatable bonds is 5. The topological polar surface area (TPSA) is 64.4 Å². The van der Waals surface area contributed by atoms with E-state index < -0.39 is 12.7 Å². The van der Waals surface area contributed by atoms with E-state index in [9.17, 15) is 13.6 Å². The lowest BCUT2D eigenvalue weighted by Crippen LogP contribution is -2.37. The molecule has 1 aromatic carbocycles. The highest BCUT2D eigenvalue weighted by molar-refractivity contribution is 9.10. The van der Waals surface area contributed by atoms with Crippen LogP contribution >= 0.6 is 28.3 Å². The summed E-state index contributed by atoms with van der Waals surface area (Å²) < 4.78 is 29.4. The fourth-order valence-electron chi connectivity index (χ4n) is 1.24. The fraction of sp³-hybridized carbons (Fsp3) is 0.364. The van der Waals surface area contributed by atoms with E-state index in [-0.39, 0.29) is 30.6 Å². The SMILES string of the molecule is C[C@@H](N)C(=O)NCc1cc(Br)ccc1OC(F)F.Cl. The third-order valence-electron chi connectivity index (χ3n) is 2.11. The number of carbonyl (C=O) groups excluding carboxylic acids is 1. The molecule has 0 bridgehead atoms. The van der Waals surface area contributed by atoms with Gasteiger partial charge in [-0.3, -0.25) is 4.79 Å². The van der Waals surface area contributed by atoms with Crippen molar-refractivity contribution < 1.29 is 18.3 Å². The minimum atomic E-state index is -2.91. The molecule has 0 saturated heterocycles. The second-order valence-electron chi connectivity index (χ2n) is 3.64. The number of carbonyl (C=O) groups is 1. The van der Waals surface area contributed by atoms with Crippen molar-refractivity contribution in [1.82, 2.24) is 5.32 Å². The van der Waals surface area contributed by atoms with Crippen molar-refractivity contribution >= 4 is 34.2 Å². The van der Waals surface area contributed by atoms with Gasteiger partial charge in [0.05, 0.1) is 6.04 Å². The first kappa shape index (κ1) is 18.1.